The van der Waals surface area contributed by atoms with Crippen LogP contribution in [0.4, 0.5) is 5.69 Å². The Hall–Kier alpha value is -2.03. The minimum absolute atomic E-state index is 0.744. The summed E-state index contributed by atoms with van der Waals surface area (Å²) in [7, 11) is 1.68. The van der Waals surface area contributed by atoms with Crippen molar-refractivity contribution in [3.05, 3.63) is 53.9 Å². The van der Waals surface area contributed by atoms with Gasteiger partial charge in [0.15, 0.2) is 0 Å². The Morgan fingerprint density at radius 3 is 2.88 bits per heavy atom. The number of benzene rings is 1. The maximum absolute atomic E-state index is 5.31. The van der Waals surface area contributed by atoms with Crippen molar-refractivity contribution in [2.24, 2.45) is 0 Å². The van der Waals surface area contributed by atoms with Gasteiger partial charge in [0.1, 0.15) is 5.75 Å². The molecule has 3 nitrogen and oxygen atoms in total. The van der Waals surface area contributed by atoms with E-state index in [2.05, 4.69) is 23.3 Å². The first-order valence-electron chi connectivity index (χ1n) is 5.57. The summed E-state index contributed by atoms with van der Waals surface area (Å²) in [6.45, 7) is 2.81. The normalized spacial score (nSPS) is 10.0. The van der Waals surface area contributed by atoms with Gasteiger partial charge in [0.2, 0.25) is 0 Å². The Balaban J connectivity index is 2.11. The molecule has 2 rings (SSSR count). The zero-order valence-corrected chi connectivity index (χ0v) is 10.1. The molecule has 2 aromatic rings. The first kappa shape index (κ1) is 11.5. The van der Waals surface area contributed by atoms with Crippen molar-refractivity contribution in [3.63, 3.8) is 0 Å². The van der Waals surface area contributed by atoms with Crippen LogP contribution in [0.5, 0.6) is 5.75 Å². The molecular formula is C14H16N2O. The SMILES string of the molecule is COc1ccc(C)cc1NCc1cccnc1. The smallest absolute Gasteiger partial charge is 0.141 e. The molecule has 0 aliphatic heterocycles. The number of methoxy groups -OCH3 is 1. The Bertz CT molecular complexity index is 483. The summed E-state index contributed by atoms with van der Waals surface area (Å²) in [6.07, 6.45) is 3.63. The van der Waals surface area contributed by atoms with Gasteiger partial charge in [-0.2, -0.15) is 0 Å². The van der Waals surface area contributed by atoms with Gasteiger partial charge in [-0.25, -0.2) is 0 Å². The second-order valence-corrected chi connectivity index (χ2v) is 3.92. The van der Waals surface area contributed by atoms with Crippen LogP contribution < -0.4 is 10.1 Å². The molecule has 0 aliphatic rings. The number of hydrogen-bond acceptors (Lipinski definition) is 3. The molecule has 0 bridgehead atoms. The van der Waals surface area contributed by atoms with Crippen LogP contribution in [0.25, 0.3) is 0 Å². The molecule has 0 atom stereocenters. The third kappa shape index (κ3) is 2.97. The lowest BCUT2D eigenvalue weighted by atomic mass is 10.2. The van der Waals surface area contributed by atoms with E-state index >= 15 is 0 Å². The van der Waals surface area contributed by atoms with E-state index in [1.54, 1.807) is 13.3 Å². The third-order valence-electron chi connectivity index (χ3n) is 2.56. The number of nitrogens with zero attached hydrogens (tertiary/aromatic N) is 1. The van der Waals surface area contributed by atoms with Crippen molar-refractivity contribution in [2.75, 3.05) is 12.4 Å². The summed E-state index contributed by atoms with van der Waals surface area (Å²) in [5.41, 5.74) is 3.37. The van der Waals surface area contributed by atoms with E-state index < -0.39 is 0 Å². The summed E-state index contributed by atoms with van der Waals surface area (Å²) in [6, 6.07) is 10.1. The Morgan fingerprint density at radius 2 is 2.18 bits per heavy atom. The molecule has 88 valence electrons. The van der Waals surface area contributed by atoms with Crippen molar-refractivity contribution >= 4 is 5.69 Å². The van der Waals surface area contributed by atoms with Gasteiger partial charge in [-0.1, -0.05) is 12.1 Å². The number of rotatable bonds is 4. The molecule has 0 unspecified atom stereocenters. The monoisotopic (exact) mass is 228 g/mol. The molecule has 0 aliphatic carbocycles. The second kappa shape index (κ2) is 5.34. The molecular weight excluding hydrogens is 212 g/mol. The molecule has 3 heteroatoms. The third-order valence-corrected chi connectivity index (χ3v) is 2.56. The van der Waals surface area contributed by atoms with Crippen LogP contribution in [-0.2, 0) is 6.54 Å². The Labute approximate surface area is 101 Å². The number of ether oxygens (including phenoxy) is 1. The lowest BCUT2D eigenvalue weighted by molar-refractivity contribution is 0.416. The van der Waals surface area contributed by atoms with E-state index in [1.807, 2.05) is 30.5 Å². The van der Waals surface area contributed by atoms with Gasteiger partial charge in [0.25, 0.3) is 0 Å². The first-order chi connectivity index (χ1) is 8.29. The van der Waals surface area contributed by atoms with E-state index in [0.717, 1.165) is 23.5 Å². The van der Waals surface area contributed by atoms with E-state index in [0.29, 0.717) is 0 Å². The molecule has 0 saturated carbocycles. The lowest BCUT2D eigenvalue weighted by Crippen LogP contribution is -2.01. The molecule has 0 radical (unpaired) electrons. The minimum Gasteiger partial charge on any atom is -0.495 e. The van der Waals surface area contributed by atoms with Crippen molar-refractivity contribution in [1.82, 2.24) is 4.98 Å². The van der Waals surface area contributed by atoms with Crippen molar-refractivity contribution in [1.29, 1.82) is 0 Å². The number of aryl methyl sites for hydroxylation is 1. The molecule has 1 heterocycles. The molecule has 0 saturated heterocycles. The quantitative estimate of drug-likeness (QED) is 0.873. The van der Waals surface area contributed by atoms with Crippen LogP contribution >= 0.6 is 0 Å². The van der Waals surface area contributed by atoms with Crippen LogP contribution in [-0.4, -0.2) is 12.1 Å². The Morgan fingerprint density at radius 1 is 1.29 bits per heavy atom. The standard InChI is InChI=1S/C14H16N2O/c1-11-5-6-14(17-2)13(8-11)16-10-12-4-3-7-15-9-12/h3-9,16H,10H2,1-2H3. The van der Waals surface area contributed by atoms with Crippen LogP contribution in [0, 0.1) is 6.92 Å². The Kier molecular flexibility index (Phi) is 3.60. The van der Waals surface area contributed by atoms with Crippen molar-refractivity contribution in [2.45, 2.75) is 13.5 Å². The molecule has 1 N–H and O–H groups in total. The van der Waals surface area contributed by atoms with Gasteiger partial charge in [0, 0.05) is 18.9 Å². The van der Waals surface area contributed by atoms with Crippen molar-refractivity contribution in [3.8, 4) is 5.75 Å². The lowest BCUT2D eigenvalue weighted by Gasteiger charge is -2.11. The molecule has 17 heavy (non-hydrogen) atoms. The van der Waals surface area contributed by atoms with Crippen molar-refractivity contribution < 1.29 is 4.74 Å². The summed E-state index contributed by atoms with van der Waals surface area (Å²) >= 11 is 0. The van der Waals surface area contributed by atoms with Gasteiger partial charge in [-0.3, -0.25) is 4.98 Å². The second-order valence-electron chi connectivity index (χ2n) is 3.92. The van der Waals surface area contributed by atoms with E-state index in [-0.39, 0.29) is 0 Å². The summed E-state index contributed by atoms with van der Waals surface area (Å²) in [5.74, 6) is 0.861. The number of anilines is 1. The van der Waals surface area contributed by atoms with Gasteiger partial charge in [0.05, 0.1) is 12.8 Å². The zero-order valence-electron chi connectivity index (χ0n) is 10.1. The highest BCUT2D eigenvalue weighted by molar-refractivity contribution is 5.58. The number of hydrogen-bond donors (Lipinski definition) is 1. The van der Waals surface area contributed by atoms with Crippen LogP contribution in [0.3, 0.4) is 0 Å². The fraction of sp³-hybridized carbons (Fsp3) is 0.214. The summed E-state index contributed by atoms with van der Waals surface area (Å²) < 4.78 is 5.31. The van der Waals surface area contributed by atoms with Gasteiger partial charge in [-0.05, 0) is 36.2 Å². The maximum atomic E-state index is 5.31. The topological polar surface area (TPSA) is 34.1 Å². The van der Waals surface area contributed by atoms with Gasteiger partial charge >= 0.3 is 0 Å². The molecule has 0 amide bonds. The molecule has 1 aromatic heterocycles. The summed E-state index contributed by atoms with van der Waals surface area (Å²) in [4.78, 5) is 4.09. The highest BCUT2D eigenvalue weighted by Crippen LogP contribution is 2.25. The fourth-order valence-corrected chi connectivity index (χ4v) is 1.66. The molecule has 1 aromatic carbocycles. The average molecular weight is 228 g/mol. The maximum Gasteiger partial charge on any atom is 0.141 e. The average Bonchev–Trinajstić information content (AvgIpc) is 2.38. The van der Waals surface area contributed by atoms with Gasteiger partial charge in [-0.15, -0.1) is 0 Å². The molecule has 0 fully saturated rings. The zero-order chi connectivity index (χ0) is 12.1. The van der Waals surface area contributed by atoms with E-state index in [1.165, 1.54) is 5.56 Å². The van der Waals surface area contributed by atoms with Crippen LogP contribution in [0.1, 0.15) is 11.1 Å². The number of pyridine rings is 1. The predicted molar refractivity (Wildman–Crippen MR) is 69.3 cm³/mol. The number of aromatic nitrogens is 1. The van der Waals surface area contributed by atoms with E-state index in [9.17, 15) is 0 Å². The van der Waals surface area contributed by atoms with Crippen LogP contribution in [0.15, 0.2) is 42.7 Å². The van der Waals surface area contributed by atoms with Crippen LogP contribution in [0.2, 0.25) is 0 Å². The molecule has 0 spiro atoms. The predicted octanol–water partition coefficient (Wildman–Crippen LogP) is 3.01. The minimum atomic E-state index is 0.744. The highest BCUT2D eigenvalue weighted by Gasteiger charge is 2.02. The van der Waals surface area contributed by atoms with Gasteiger partial charge < -0.3 is 10.1 Å². The first-order valence-corrected chi connectivity index (χ1v) is 5.57. The van der Waals surface area contributed by atoms with E-state index in [4.69, 9.17) is 4.74 Å². The number of nitrogens with one attached hydrogen (secondary N) is 1. The summed E-state index contributed by atoms with van der Waals surface area (Å²) in [5, 5.41) is 3.36. The largest absolute Gasteiger partial charge is 0.495 e. The highest BCUT2D eigenvalue weighted by atomic mass is 16.5. The fourth-order valence-electron chi connectivity index (χ4n) is 1.66.